The van der Waals surface area contributed by atoms with Gasteiger partial charge in [-0.3, -0.25) is 0 Å². The van der Waals surface area contributed by atoms with E-state index in [0.717, 1.165) is 23.8 Å². The minimum absolute atomic E-state index is 0.885. The second-order valence-electron chi connectivity index (χ2n) is 3.30. The summed E-state index contributed by atoms with van der Waals surface area (Å²) in [7, 11) is 0. The van der Waals surface area contributed by atoms with E-state index in [1.165, 1.54) is 10.5 Å². The van der Waals surface area contributed by atoms with Gasteiger partial charge in [-0.2, -0.15) is 0 Å². The molecule has 0 aliphatic carbocycles. The Morgan fingerprint density at radius 1 is 1.54 bits per heavy atom. The maximum absolute atomic E-state index is 4.36. The first-order chi connectivity index (χ1) is 6.09. The number of rotatable bonds is 4. The van der Waals surface area contributed by atoms with Crippen molar-refractivity contribution < 1.29 is 0 Å². The molecule has 0 amide bonds. The smallest absolute Gasteiger partial charge is 0.0900 e. The van der Waals surface area contributed by atoms with Gasteiger partial charge in [-0.05, 0) is 20.8 Å². The zero-order valence-electron chi connectivity index (χ0n) is 8.48. The molecule has 0 spiro atoms. The van der Waals surface area contributed by atoms with Crippen molar-refractivity contribution in [1.82, 2.24) is 10.3 Å². The minimum atomic E-state index is 0.885. The SMILES string of the molecule is C=C(C)CNCc1sc(C)nc1C. The van der Waals surface area contributed by atoms with Crippen molar-refractivity contribution >= 4 is 11.3 Å². The standard InChI is InChI=1S/C10H16N2S/c1-7(2)5-11-6-10-8(3)12-9(4)13-10/h11H,1,5-6H2,2-4H3. The van der Waals surface area contributed by atoms with E-state index in [1.807, 2.05) is 13.8 Å². The topological polar surface area (TPSA) is 24.9 Å². The van der Waals surface area contributed by atoms with Crippen LogP contribution < -0.4 is 5.32 Å². The van der Waals surface area contributed by atoms with Gasteiger partial charge in [0.2, 0.25) is 0 Å². The first kappa shape index (κ1) is 10.4. The van der Waals surface area contributed by atoms with E-state index < -0.39 is 0 Å². The highest BCUT2D eigenvalue weighted by Gasteiger charge is 2.02. The maximum Gasteiger partial charge on any atom is 0.0900 e. The van der Waals surface area contributed by atoms with Crippen LogP contribution >= 0.6 is 11.3 Å². The number of hydrogen-bond acceptors (Lipinski definition) is 3. The fourth-order valence-electron chi connectivity index (χ4n) is 1.13. The summed E-state index contributed by atoms with van der Waals surface area (Å²) in [5, 5.41) is 4.47. The van der Waals surface area contributed by atoms with Gasteiger partial charge in [0.25, 0.3) is 0 Å². The van der Waals surface area contributed by atoms with E-state index in [9.17, 15) is 0 Å². The Labute approximate surface area is 83.7 Å². The second-order valence-corrected chi connectivity index (χ2v) is 4.59. The molecule has 0 radical (unpaired) electrons. The molecule has 0 aliphatic heterocycles. The summed E-state index contributed by atoms with van der Waals surface area (Å²) in [6, 6.07) is 0. The van der Waals surface area contributed by atoms with Gasteiger partial charge in [-0.25, -0.2) is 4.98 Å². The summed E-state index contributed by atoms with van der Waals surface area (Å²) < 4.78 is 0. The predicted molar refractivity (Wildman–Crippen MR) is 58.1 cm³/mol. The van der Waals surface area contributed by atoms with Crippen molar-refractivity contribution in [2.24, 2.45) is 0 Å². The molecular weight excluding hydrogens is 180 g/mol. The first-order valence-electron chi connectivity index (χ1n) is 4.37. The molecule has 0 saturated carbocycles. The van der Waals surface area contributed by atoms with Crippen molar-refractivity contribution in [1.29, 1.82) is 0 Å². The van der Waals surface area contributed by atoms with Gasteiger partial charge in [-0.15, -0.1) is 11.3 Å². The highest BCUT2D eigenvalue weighted by Crippen LogP contribution is 2.16. The molecule has 0 atom stereocenters. The summed E-state index contributed by atoms with van der Waals surface area (Å²) in [5.41, 5.74) is 2.32. The Kier molecular flexibility index (Phi) is 3.63. The van der Waals surface area contributed by atoms with Gasteiger partial charge in [0.05, 0.1) is 10.7 Å². The molecule has 0 bridgehead atoms. The van der Waals surface area contributed by atoms with Crippen LogP contribution in [0.1, 0.15) is 22.5 Å². The molecule has 1 aromatic heterocycles. The van der Waals surface area contributed by atoms with Crippen LogP contribution in [-0.2, 0) is 6.54 Å². The van der Waals surface area contributed by atoms with Gasteiger partial charge in [0.15, 0.2) is 0 Å². The Hall–Kier alpha value is -0.670. The monoisotopic (exact) mass is 196 g/mol. The van der Waals surface area contributed by atoms with Gasteiger partial charge in [0.1, 0.15) is 0 Å². The molecule has 0 saturated heterocycles. The molecule has 1 rings (SSSR count). The lowest BCUT2D eigenvalue weighted by atomic mass is 10.3. The van der Waals surface area contributed by atoms with Crippen LogP contribution in [0.3, 0.4) is 0 Å². The van der Waals surface area contributed by atoms with Crippen molar-refractivity contribution in [2.45, 2.75) is 27.3 Å². The number of hydrogen-bond donors (Lipinski definition) is 1. The molecule has 1 aromatic rings. The second kappa shape index (κ2) is 4.53. The quantitative estimate of drug-likeness (QED) is 0.748. The summed E-state index contributed by atoms with van der Waals surface area (Å²) in [6.07, 6.45) is 0. The Morgan fingerprint density at radius 2 is 2.23 bits per heavy atom. The van der Waals surface area contributed by atoms with Crippen LogP contribution in [0.25, 0.3) is 0 Å². The normalized spacial score (nSPS) is 10.4. The Morgan fingerprint density at radius 3 is 2.69 bits per heavy atom. The van der Waals surface area contributed by atoms with E-state index in [0.29, 0.717) is 0 Å². The van der Waals surface area contributed by atoms with Crippen molar-refractivity contribution in [3.8, 4) is 0 Å². The third-order valence-corrected chi connectivity index (χ3v) is 2.78. The lowest BCUT2D eigenvalue weighted by molar-refractivity contribution is 0.745. The van der Waals surface area contributed by atoms with Gasteiger partial charge < -0.3 is 5.32 Å². The first-order valence-corrected chi connectivity index (χ1v) is 5.19. The zero-order valence-corrected chi connectivity index (χ0v) is 9.29. The molecule has 2 nitrogen and oxygen atoms in total. The summed E-state index contributed by atoms with van der Waals surface area (Å²) in [6.45, 7) is 11.8. The lowest BCUT2D eigenvalue weighted by Crippen LogP contribution is -2.14. The fourth-order valence-corrected chi connectivity index (χ4v) is 2.03. The van der Waals surface area contributed by atoms with E-state index in [2.05, 4.69) is 23.8 Å². The third kappa shape index (κ3) is 3.28. The molecule has 3 heteroatoms. The number of thiazole rings is 1. The van der Waals surface area contributed by atoms with E-state index in [4.69, 9.17) is 0 Å². The summed E-state index contributed by atoms with van der Waals surface area (Å²) in [5.74, 6) is 0. The highest BCUT2D eigenvalue weighted by atomic mass is 32.1. The molecule has 1 heterocycles. The fraction of sp³-hybridized carbons (Fsp3) is 0.500. The van der Waals surface area contributed by atoms with Gasteiger partial charge in [-0.1, -0.05) is 12.2 Å². The number of nitrogens with zero attached hydrogens (tertiary/aromatic N) is 1. The number of nitrogens with one attached hydrogen (secondary N) is 1. The Balaban J connectivity index is 2.45. The van der Waals surface area contributed by atoms with Crippen LogP contribution in [-0.4, -0.2) is 11.5 Å². The van der Waals surface area contributed by atoms with Gasteiger partial charge >= 0.3 is 0 Å². The Bertz CT molecular complexity index is 302. The van der Waals surface area contributed by atoms with Crippen LogP contribution in [0, 0.1) is 13.8 Å². The summed E-state index contributed by atoms with van der Waals surface area (Å²) in [4.78, 5) is 5.70. The molecule has 0 aromatic carbocycles. The average molecular weight is 196 g/mol. The third-order valence-electron chi connectivity index (χ3n) is 1.71. The van der Waals surface area contributed by atoms with Crippen LogP contribution in [0.4, 0.5) is 0 Å². The molecule has 0 unspecified atom stereocenters. The predicted octanol–water partition coefficient (Wildman–Crippen LogP) is 2.43. The number of aryl methyl sites for hydroxylation is 2. The van der Waals surface area contributed by atoms with Crippen LogP contribution in [0.2, 0.25) is 0 Å². The van der Waals surface area contributed by atoms with Crippen LogP contribution in [0.5, 0.6) is 0 Å². The van der Waals surface area contributed by atoms with Crippen molar-refractivity contribution in [3.63, 3.8) is 0 Å². The molecule has 0 fully saturated rings. The van der Waals surface area contributed by atoms with E-state index in [1.54, 1.807) is 11.3 Å². The lowest BCUT2D eigenvalue weighted by Gasteiger charge is -2.01. The maximum atomic E-state index is 4.36. The average Bonchev–Trinajstić information content (AvgIpc) is 2.29. The molecular formula is C10H16N2S. The van der Waals surface area contributed by atoms with E-state index >= 15 is 0 Å². The largest absolute Gasteiger partial charge is 0.308 e. The van der Waals surface area contributed by atoms with Crippen LogP contribution in [0.15, 0.2) is 12.2 Å². The van der Waals surface area contributed by atoms with Crippen molar-refractivity contribution in [2.75, 3.05) is 6.54 Å². The molecule has 72 valence electrons. The number of aromatic nitrogens is 1. The summed E-state index contributed by atoms with van der Waals surface area (Å²) >= 11 is 1.76. The van der Waals surface area contributed by atoms with E-state index in [-0.39, 0.29) is 0 Å². The zero-order chi connectivity index (χ0) is 9.84. The molecule has 1 N–H and O–H groups in total. The molecule has 0 aliphatic rings. The minimum Gasteiger partial charge on any atom is -0.308 e. The highest BCUT2D eigenvalue weighted by molar-refractivity contribution is 7.11. The molecule has 13 heavy (non-hydrogen) atoms. The van der Waals surface area contributed by atoms with Gasteiger partial charge in [0, 0.05) is 18.0 Å². The van der Waals surface area contributed by atoms with Crippen molar-refractivity contribution in [3.05, 3.63) is 27.7 Å².